The molecule has 1 aromatic rings. The van der Waals surface area contributed by atoms with E-state index in [0.717, 1.165) is 0 Å². The summed E-state index contributed by atoms with van der Waals surface area (Å²) in [6.45, 7) is 0.157. The Morgan fingerprint density at radius 3 is 2.39 bits per heavy atom. The third-order valence-corrected chi connectivity index (χ3v) is 2.25. The van der Waals surface area contributed by atoms with Crippen LogP contribution in [0, 0.1) is 0 Å². The predicted octanol–water partition coefficient (Wildman–Crippen LogP) is 2.18. The van der Waals surface area contributed by atoms with Gasteiger partial charge in [-0.15, -0.1) is 11.6 Å². The Kier molecular flexibility index (Phi) is 5.45. The van der Waals surface area contributed by atoms with E-state index in [-0.39, 0.29) is 18.4 Å². The van der Waals surface area contributed by atoms with E-state index < -0.39 is 6.09 Å². The summed E-state index contributed by atoms with van der Waals surface area (Å²) in [5.74, 6) is 0.162. The number of nitrogens with one attached hydrogen (secondary N) is 1. The fraction of sp³-hybridized carbons (Fsp3) is 0.333. The summed E-state index contributed by atoms with van der Waals surface area (Å²) in [5.41, 5.74) is 1.12. The Morgan fingerprint density at radius 2 is 1.89 bits per heavy atom. The minimum atomic E-state index is -0.567. The second-order valence-electron chi connectivity index (χ2n) is 3.73. The third-order valence-electron chi connectivity index (χ3n) is 2.09. The molecule has 6 heteroatoms. The molecule has 0 fully saturated rings. The number of rotatable bonds is 4. The number of amides is 2. The molecule has 1 rings (SSSR count). The van der Waals surface area contributed by atoms with Crippen molar-refractivity contribution in [3.05, 3.63) is 29.8 Å². The van der Waals surface area contributed by atoms with Crippen molar-refractivity contribution >= 4 is 29.3 Å². The fourth-order valence-corrected chi connectivity index (χ4v) is 1.32. The summed E-state index contributed by atoms with van der Waals surface area (Å²) in [5, 5.41) is 2.53. The van der Waals surface area contributed by atoms with Gasteiger partial charge in [-0.1, -0.05) is 0 Å². The van der Waals surface area contributed by atoms with Gasteiger partial charge in [-0.25, -0.2) is 4.79 Å². The van der Waals surface area contributed by atoms with Crippen LogP contribution < -0.4 is 5.32 Å². The second kappa shape index (κ2) is 6.86. The number of carbonyl (C=O) groups excluding carboxylic acids is 2. The summed E-state index contributed by atoms with van der Waals surface area (Å²) in [6, 6.07) is 6.55. The molecule has 5 nitrogen and oxygen atoms in total. The summed E-state index contributed by atoms with van der Waals surface area (Å²) in [4.78, 5) is 24.3. The first-order valence-electron chi connectivity index (χ1n) is 5.36. The Labute approximate surface area is 111 Å². The molecule has 1 aromatic carbocycles. The van der Waals surface area contributed by atoms with Crippen LogP contribution in [0.1, 0.15) is 10.4 Å². The third kappa shape index (κ3) is 4.25. The minimum absolute atomic E-state index is 0.0914. The summed E-state index contributed by atoms with van der Waals surface area (Å²) in [7, 11) is 3.36. The number of nitrogens with zero attached hydrogens (tertiary/aromatic N) is 1. The average molecular weight is 271 g/mol. The van der Waals surface area contributed by atoms with Crippen LogP contribution >= 0.6 is 11.6 Å². The van der Waals surface area contributed by atoms with E-state index in [9.17, 15) is 9.59 Å². The largest absolute Gasteiger partial charge is 0.448 e. The average Bonchev–Trinajstić information content (AvgIpc) is 2.36. The molecular formula is C12H15ClN2O3. The predicted molar refractivity (Wildman–Crippen MR) is 70.2 cm³/mol. The maximum Gasteiger partial charge on any atom is 0.411 e. The zero-order valence-electron chi connectivity index (χ0n) is 10.3. The highest BCUT2D eigenvalue weighted by Gasteiger charge is 2.08. The standard InChI is InChI=1S/C12H15ClN2O3/c1-15(2)11(16)9-3-5-10(6-4-9)14-12(17)18-8-7-13/h3-6H,7-8H2,1-2H3,(H,14,17). The Balaban J connectivity index is 2.60. The molecule has 0 aliphatic carbocycles. The zero-order valence-corrected chi connectivity index (χ0v) is 11.0. The van der Waals surface area contributed by atoms with E-state index in [1.54, 1.807) is 38.4 Å². The molecule has 18 heavy (non-hydrogen) atoms. The molecule has 0 spiro atoms. The highest BCUT2D eigenvalue weighted by atomic mass is 35.5. The maximum absolute atomic E-state index is 11.6. The molecule has 2 amide bonds. The van der Waals surface area contributed by atoms with E-state index in [1.807, 2.05) is 0 Å². The molecule has 0 aromatic heterocycles. The zero-order chi connectivity index (χ0) is 13.5. The van der Waals surface area contributed by atoms with Crippen LogP contribution in [0.2, 0.25) is 0 Å². The van der Waals surface area contributed by atoms with Gasteiger partial charge in [-0.2, -0.15) is 0 Å². The lowest BCUT2D eigenvalue weighted by molar-refractivity contribution is 0.0827. The van der Waals surface area contributed by atoms with Crippen molar-refractivity contribution < 1.29 is 14.3 Å². The number of ether oxygens (including phenoxy) is 1. The highest BCUT2D eigenvalue weighted by Crippen LogP contribution is 2.11. The van der Waals surface area contributed by atoms with Gasteiger partial charge in [-0.05, 0) is 24.3 Å². The molecule has 98 valence electrons. The molecule has 0 bridgehead atoms. The Hall–Kier alpha value is -1.75. The quantitative estimate of drug-likeness (QED) is 0.853. The molecule has 0 radical (unpaired) electrons. The first kappa shape index (κ1) is 14.3. The molecular weight excluding hydrogens is 256 g/mol. The van der Waals surface area contributed by atoms with Crippen molar-refractivity contribution in [2.45, 2.75) is 0 Å². The molecule has 0 saturated carbocycles. The molecule has 0 aliphatic heterocycles. The van der Waals surface area contributed by atoms with Crippen molar-refractivity contribution in [3.8, 4) is 0 Å². The van der Waals surface area contributed by atoms with Crippen LogP contribution in [0.3, 0.4) is 0 Å². The first-order chi connectivity index (χ1) is 8.54. The van der Waals surface area contributed by atoms with Gasteiger partial charge in [0, 0.05) is 25.3 Å². The molecule has 0 unspecified atom stereocenters. The topological polar surface area (TPSA) is 58.6 Å². The summed E-state index contributed by atoms with van der Waals surface area (Å²) >= 11 is 5.39. The van der Waals surface area contributed by atoms with Crippen molar-refractivity contribution in [3.63, 3.8) is 0 Å². The van der Waals surface area contributed by atoms with Crippen LogP contribution in [-0.2, 0) is 4.74 Å². The van der Waals surface area contributed by atoms with Crippen molar-refractivity contribution in [2.24, 2.45) is 0 Å². The van der Waals surface area contributed by atoms with Crippen molar-refractivity contribution in [1.82, 2.24) is 4.90 Å². The smallest absolute Gasteiger partial charge is 0.411 e. The molecule has 1 N–H and O–H groups in total. The number of halogens is 1. The fourth-order valence-electron chi connectivity index (χ4n) is 1.24. The SMILES string of the molecule is CN(C)C(=O)c1ccc(NC(=O)OCCCl)cc1. The number of hydrogen-bond acceptors (Lipinski definition) is 3. The number of anilines is 1. The van der Waals surface area contributed by atoms with E-state index in [2.05, 4.69) is 5.32 Å². The van der Waals surface area contributed by atoms with E-state index in [0.29, 0.717) is 11.3 Å². The normalized spacial score (nSPS) is 9.72. The van der Waals surface area contributed by atoms with E-state index >= 15 is 0 Å². The summed E-state index contributed by atoms with van der Waals surface area (Å²) < 4.78 is 4.75. The lowest BCUT2D eigenvalue weighted by Gasteiger charge is -2.11. The first-order valence-corrected chi connectivity index (χ1v) is 5.89. The van der Waals surface area contributed by atoms with Crippen LogP contribution in [-0.4, -0.2) is 43.5 Å². The number of benzene rings is 1. The molecule has 0 aliphatic rings. The lowest BCUT2D eigenvalue weighted by atomic mass is 10.2. The molecule has 0 atom stereocenters. The second-order valence-corrected chi connectivity index (χ2v) is 4.10. The van der Waals surface area contributed by atoms with Gasteiger partial charge in [-0.3, -0.25) is 10.1 Å². The number of hydrogen-bond donors (Lipinski definition) is 1. The minimum Gasteiger partial charge on any atom is -0.448 e. The molecule has 0 heterocycles. The van der Waals surface area contributed by atoms with Gasteiger partial charge in [0.15, 0.2) is 0 Å². The summed E-state index contributed by atoms with van der Waals surface area (Å²) in [6.07, 6.45) is -0.567. The van der Waals surface area contributed by atoms with E-state index in [1.165, 1.54) is 4.90 Å². The van der Waals surface area contributed by atoms with Crippen molar-refractivity contribution in [2.75, 3.05) is 31.9 Å². The van der Waals surface area contributed by atoms with Gasteiger partial charge >= 0.3 is 6.09 Å². The lowest BCUT2D eigenvalue weighted by Crippen LogP contribution is -2.21. The van der Waals surface area contributed by atoms with Gasteiger partial charge in [0.1, 0.15) is 6.61 Å². The number of carbonyl (C=O) groups is 2. The van der Waals surface area contributed by atoms with Gasteiger partial charge in [0.05, 0.1) is 5.88 Å². The van der Waals surface area contributed by atoms with Gasteiger partial charge in [0.2, 0.25) is 0 Å². The monoisotopic (exact) mass is 270 g/mol. The van der Waals surface area contributed by atoms with Gasteiger partial charge in [0.25, 0.3) is 5.91 Å². The maximum atomic E-state index is 11.6. The number of alkyl halides is 1. The van der Waals surface area contributed by atoms with Gasteiger partial charge < -0.3 is 9.64 Å². The Morgan fingerprint density at radius 1 is 1.28 bits per heavy atom. The van der Waals surface area contributed by atoms with Crippen LogP contribution in [0.25, 0.3) is 0 Å². The van der Waals surface area contributed by atoms with E-state index in [4.69, 9.17) is 16.3 Å². The molecule has 0 saturated heterocycles. The van der Waals surface area contributed by atoms with Crippen molar-refractivity contribution in [1.29, 1.82) is 0 Å². The van der Waals surface area contributed by atoms with Crippen LogP contribution in [0.15, 0.2) is 24.3 Å². The van der Waals surface area contributed by atoms with Crippen LogP contribution in [0.5, 0.6) is 0 Å². The highest BCUT2D eigenvalue weighted by molar-refractivity contribution is 6.18. The Bertz CT molecular complexity index is 418. The van der Waals surface area contributed by atoms with Crippen LogP contribution in [0.4, 0.5) is 10.5 Å².